The number of aliphatic imine (C=N–C) groups is 1. The van der Waals surface area contributed by atoms with Crippen LogP contribution in [0, 0.1) is 15.5 Å². The molecule has 1 aliphatic heterocycles. The summed E-state index contributed by atoms with van der Waals surface area (Å²) in [6, 6.07) is 6.59. The molecule has 1 aliphatic rings. The van der Waals surface area contributed by atoms with Crippen LogP contribution in [0.15, 0.2) is 29.3 Å². The second kappa shape index (κ2) is 7.75. The molecule has 0 radical (unpaired) electrons. The Kier molecular flexibility index (Phi) is 6.58. The molecule has 0 spiro atoms. The van der Waals surface area contributed by atoms with Crippen molar-refractivity contribution in [3.63, 3.8) is 0 Å². The van der Waals surface area contributed by atoms with Crippen LogP contribution in [-0.4, -0.2) is 35.9 Å². The fourth-order valence-corrected chi connectivity index (χ4v) is 2.54. The van der Waals surface area contributed by atoms with Crippen molar-refractivity contribution in [2.24, 2.45) is 10.4 Å². The number of halogens is 1. The number of guanidine groups is 1. The van der Waals surface area contributed by atoms with Gasteiger partial charge in [-0.3, -0.25) is 15.1 Å². The summed E-state index contributed by atoms with van der Waals surface area (Å²) in [5.41, 5.74) is 1.44. The normalized spacial score (nSPS) is 17.0. The molecular weight excluding hydrogens is 395 g/mol. The maximum atomic E-state index is 10.6. The molecule has 0 saturated carbocycles. The average molecular weight is 418 g/mol. The van der Waals surface area contributed by atoms with Crippen molar-refractivity contribution < 1.29 is 4.92 Å². The molecule has 7 heteroatoms. The summed E-state index contributed by atoms with van der Waals surface area (Å²) in [6.45, 7) is 7.13. The number of benzene rings is 1. The van der Waals surface area contributed by atoms with E-state index in [1.165, 1.54) is 12.1 Å². The summed E-state index contributed by atoms with van der Waals surface area (Å²) in [5.74, 6) is 0.888. The van der Waals surface area contributed by atoms with Crippen LogP contribution in [0.4, 0.5) is 5.69 Å². The lowest BCUT2D eigenvalue weighted by atomic mass is 9.93. The van der Waals surface area contributed by atoms with Gasteiger partial charge in [0.25, 0.3) is 5.69 Å². The molecule has 6 nitrogen and oxygen atoms in total. The first-order valence-electron chi connectivity index (χ1n) is 7.10. The lowest BCUT2D eigenvalue weighted by Crippen LogP contribution is -2.40. The van der Waals surface area contributed by atoms with Crippen LogP contribution < -0.4 is 5.32 Å². The van der Waals surface area contributed by atoms with Crippen LogP contribution in [0.1, 0.15) is 25.8 Å². The zero-order valence-corrected chi connectivity index (χ0v) is 15.5. The summed E-state index contributed by atoms with van der Waals surface area (Å²) < 4.78 is 0. The smallest absolute Gasteiger partial charge is 0.269 e. The van der Waals surface area contributed by atoms with Gasteiger partial charge in [0.15, 0.2) is 5.96 Å². The lowest BCUT2D eigenvalue weighted by Gasteiger charge is -2.23. The Morgan fingerprint density at radius 1 is 1.41 bits per heavy atom. The van der Waals surface area contributed by atoms with Gasteiger partial charge in [-0.1, -0.05) is 26.0 Å². The third kappa shape index (κ3) is 4.82. The summed E-state index contributed by atoms with van der Waals surface area (Å²) >= 11 is 0. The van der Waals surface area contributed by atoms with E-state index in [4.69, 9.17) is 0 Å². The number of nitrogens with one attached hydrogen (secondary N) is 1. The first-order chi connectivity index (χ1) is 9.91. The fraction of sp³-hybridized carbons (Fsp3) is 0.533. The number of nitrogens with zero attached hydrogens (tertiary/aromatic N) is 3. The summed E-state index contributed by atoms with van der Waals surface area (Å²) in [6.07, 6.45) is 1.16. The summed E-state index contributed by atoms with van der Waals surface area (Å²) in [7, 11) is 1.78. The third-order valence-electron chi connectivity index (χ3n) is 3.79. The zero-order valence-electron chi connectivity index (χ0n) is 13.2. The standard InChI is InChI=1S/C15H22N4O2.HI/c1-15(2)8-9-18(11-15)14(16-3)17-10-12-4-6-13(7-5-12)19(20)21;/h4-7H,8-11H2,1-3H3,(H,16,17);1H. The largest absolute Gasteiger partial charge is 0.352 e. The van der Waals surface area contributed by atoms with E-state index in [0.717, 1.165) is 31.0 Å². The van der Waals surface area contributed by atoms with E-state index in [2.05, 4.69) is 29.1 Å². The van der Waals surface area contributed by atoms with E-state index in [9.17, 15) is 10.1 Å². The molecule has 1 heterocycles. The van der Waals surface area contributed by atoms with Gasteiger partial charge < -0.3 is 10.2 Å². The van der Waals surface area contributed by atoms with Crippen LogP contribution in [-0.2, 0) is 6.54 Å². The van der Waals surface area contributed by atoms with Crippen molar-refractivity contribution in [3.05, 3.63) is 39.9 Å². The van der Waals surface area contributed by atoms with Crippen molar-refractivity contribution in [1.29, 1.82) is 0 Å². The van der Waals surface area contributed by atoms with Crippen LogP contribution >= 0.6 is 24.0 Å². The van der Waals surface area contributed by atoms with Crippen molar-refractivity contribution in [3.8, 4) is 0 Å². The number of likely N-dealkylation sites (tertiary alicyclic amines) is 1. The van der Waals surface area contributed by atoms with Crippen LogP contribution in [0.5, 0.6) is 0 Å². The number of hydrogen-bond acceptors (Lipinski definition) is 3. The number of non-ortho nitro benzene ring substituents is 1. The van der Waals surface area contributed by atoms with Crippen LogP contribution in [0.25, 0.3) is 0 Å². The highest BCUT2D eigenvalue weighted by molar-refractivity contribution is 14.0. The highest BCUT2D eigenvalue weighted by Crippen LogP contribution is 2.28. The van der Waals surface area contributed by atoms with Crippen molar-refractivity contribution in [2.45, 2.75) is 26.8 Å². The quantitative estimate of drug-likeness (QED) is 0.269. The summed E-state index contributed by atoms with van der Waals surface area (Å²) in [5, 5.41) is 13.9. The first-order valence-corrected chi connectivity index (χ1v) is 7.10. The van der Waals surface area contributed by atoms with E-state index in [0.29, 0.717) is 12.0 Å². The fourth-order valence-electron chi connectivity index (χ4n) is 2.54. The molecule has 22 heavy (non-hydrogen) atoms. The first kappa shape index (κ1) is 18.7. The molecule has 1 aromatic carbocycles. The Morgan fingerprint density at radius 3 is 2.50 bits per heavy atom. The molecule has 122 valence electrons. The predicted molar refractivity (Wildman–Crippen MR) is 98.7 cm³/mol. The van der Waals surface area contributed by atoms with E-state index < -0.39 is 0 Å². The second-order valence-electron chi connectivity index (χ2n) is 6.16. The van der Waals surface area contributed by atoms with E-state index >= 15 is 0 Å². The molecule has 0 aromatic heterocycles. The van der Waals surface area contributed by atoms with E-state index in [1.807, 2.05) is 0 Å². The van der Waals surface area contributed by atoms with E-state index in [-0.39, 0.29) is 34.6 Å². The van der Waals surface area contributed by atoms with Crippen molar-refractivity contribution in [1.82, 2.24) is 10.2 Å². The molecule has 0 bridgehead atoms. The Morgan fingerprint density at radius 2 is 2.05 bits per heavy atom. The summed E-state index contributed by atoms with van der Waals surface area (Å²) in [4.78, 5) is 16.8. The average Bonchev–Trinajstić information content (AvgIpc) is 2.80. The number of nitro groups is 1. The molecule has 1 fully saturated rings. The van der Waals surface area contributed by atoms with Gasteiger partial charge >= 0.3 is 0 Å². The monoisotopic (exact) mass is 418 g/mol. The van der Waals surface area contributed by atoms with Gasteiger partial charge in [0.1, 0.15) is 0 Å². The van der Waals surface area contributed by atoms with Crippen molar-refractivity contribution >= 4 is 35.6 Å². The minimum absolute atomic E-state index is 0. The Labute approximate surface area is 148 Å². The minimum Gasteiger partial charge on any atom is -0.352 e. The molecule has 1 saturated heterocycles. The third-order valence-corrected chi connectivity index (χ3v) is 3.79. The van der Waals surface area contributed by atoms with Gasteiger partial charge in [0.2, 0.25) is 0 Å². The topological polar surface area (TPSA) is 70.8 Å². The second-order valence-corrected chi connectivity index (χ2v) is 6.16. The van der Waals surface area contributed by atoms with Gasteiger partial charge in [-0.25, -0.2) is 0 Å². The highest BCUT2D eigenvalue weighted by Gasteiger charge is 2.30. The van der Waals surface area contributed by atoms with Gasteiger partial charge in [0.05, 0.1) is 4.92 Å². The zero-order chi connectivity index (χ0) is 15.5. The Balaban J connectivity index is 0.00000242. The molecule has 0 unspecified atom stereocenters. The number of hydrogen-bond donors (Lipinski definition) is 1. The van der Waals surface area contributed by atoms with Gasteiger partial charge in [-0.15, -0.1) is 24.0 Å². The molecule has 1 N–H and O–H groups in total. The number of rotatable bonds is 3. The minimum atomic E-state index is -0.386. The number of nitro benzene ring substituents is 1. The Hall–Kier alpha value is -1.38. The predicted octanol–water partition coefficient (Wildman–Crippen LogP) is 3.02. The lowest BCUT2D eigenvalue weighted by molar-refractivity contribution is -0.384. The molecule has 0 atom stereocenters. The molecule has 2 rings (SSSR count). The van der Waals surface area contributed by atoms with Gasteiger partial charge in [0, 0.05) is 38.8 Å². The molecule has 1 aromatic rings. The maximum Gasteiger partial charge on any atom is 0.269 e. The van der Waals surface area contributed by atoms with Crippen LogP contribution in [0.3, 0.4) is 0 Å². The molecular formula is C15H23IN4O2. The molecule has 0 aliphatic carbocycles. The highest BCUT2D eigenvalue weighted by atomic mass is 127. The molecule has 0 amide bonds. The van der Waals surface area contributed by atoms with Crippen LogP contribution in [0.2, 0.25) is 0 Å². The maximum absolute atomic E-state index is 10.6. The van der Waals surface area contributed by atoms with Crippen molar-refractivity contribution in [2.75, 3.05) is 20.1 Å². The SMILES string of the molecule is CN=C(NCc1ccc([N+](=O)[O-])cc1)N1CCC(C)(C)C1.I. The van der Waals surface area contributed by atoms with Gasteiger partial charge in [-0.2, -0.15) is 0 Å². The van der Waals surface area contributed by atoms with Gasteiger partial charge in [-0.05, 0) is 17.4 Å². The Bertz CT molecular complexity index is 543. The van der Waals surface area contributed by atoms with E-state index in [1.54, 1.807) is 19.2 Å².